The number of nitrogens with zero attached hydrogens (tertiary/aromatic N) is 2. The third kappa shape index (κ3) is 4.31. The van der Waals surface area contributed by atoms with Crippen molar-refractivity contribution in [3.63, 3.8) is 0 Å². The van der Waals surface area contributed by atoms with Crippen LogP contribution in [-0.4, -0.2) is 35.8 Å². The van der Waals surface area contributed by atoms with Crippen LogP contribution in [-0.2, 0) is 0 Å². The quantitative estimate of drug-likeness (QED) is 0.506. The minimum atomic E-state index is -0.249. The van der Waals surface area contributed by atoms with Gasteiger partial charge in [0, 0.05) is 36.3 Å². The van der Waals surface area contributed by atoms with Crippen molar-refractivity contribution < 1.29 is 9.59 Å². The number of anilines is 1. The Labute approximate surface area is 181 Å². The van der Waals surface area contributed by atoms with E-state index in [1.807, 2.05) is 61.5 Å². The third-order valence-corrected chi connectivity index (χ3v) is 5.08. The number of rotatable bonds is 4. The molecule has 4 aromatic rings. The van der Waals surface area contributed by atoms with E-state index >= 15 is 0 Å². The van der Waals surface area contributed by atoms with Gasteiger partial charge in [0.05, 0.1) is 16.8 Å². The number of carbonyl (C=O) groups is 2. The highest BCUT2D eigenvalue weighted by Crippen LogP contribution is 2.26. The van der Waals surface area contributed by atoms with Crippen LogP contribution < -0.4 is 5.32 Å². The van der Waals surface area contributed by atoms with Gasteiger partial charge in [-0.3, -0.25) is 9.59 Å². The lowest BCUT2D eigenvalue weighted by atomic mass is 10.0. The molecule has 0 bridgehead atoms. The lowest BCUT2D eigenvalue weighted by Gasteiger charge is -2.13. The number of pyridine rings is 1. The molecule has 0 aliphatic carbocycles. The predicted molar refractivity (Wildman–Crippen MR) is 124 cm³/mol. The molecule has 0 spiro atoms. The summed E-state index contributed by atoms with van der Waals surface area (Å²) in [4.78, 5) is 31.8. The topological polar surface area (TPSA) is 62.3 Å². The molecule has 154 valence electrons. The Morgan fingerprint density at radius 3 is 2.35 bits per heavy atom. The van der Waals surface area contributed by atoms with Gasteiger partial charge in [-0.05, 0) is 37.3 Å². The van der Waals surface area contributed by atoms with Crippen LogP contribution in [0, 0.1) is 6.92 Å². The zero-order chi connectivity index (χ0) is 22.0. The Bertz CT molecular complexity index is 1280. The van der Waals surface area contributed by atoms with Gasteiger partial charge in [-0.15, -0.1) is 0 Å². The van der Waals surface area contributed by atoms with Gasteiger partial charge in [0.15, 0.2) is 0 Å². The maximum absolute atomic E-state index is 13.2. The van der Waals surface area contributed by atoms with Crippen molar-refractivity contribution in [2.45, 2.75) is 6.92 Å². The summed E-state index contributed by atoms with van der Waals surface area (Å²) >= 11 is 0. The summed E-state index contributed by atoms with van der Waals surface area (Å²) < 4.78 is 0. The Morgan fingerprint density at radius 2 is 1.61 bits per heavy atom. The number of fused-ring (bicyclic) bond motifs is 1. The number of para-hydroxylation sites is 1. The number of hydrogen-bond acceptors (Lipinski definition) is 3. The molecule has 0 aliphatic rings. The van der Waals surface area contributed by atoms with Crippen LogP contribution in [0.3, 0.4) is 0 Å². The largest absolute Gasteiger partial charge is 0.345 e. The van der Waals surface area contributed by atoms with Crippen LogP contribution in [0.5, 0.6) is 0 Å². The van der Waals surface area contributed by atoms with Crippen LogP contribution in [0.25, 0.3) is 22.2 Å². The molecule has 31 heavy (non-hydrogen) atoms. The second kappa shape index (κ2) is 8.40. The number of aromatic nitrogens is 1. The van der Waals surface area contributed by atoms with Gasteiger partial charge in [-0.25, -0.2) is 4.98 Å². The fourth-order valence-corrected chi connectivity index (χ4v) is 3.42. The number of nitrogens with one attached hydrogen (secondary N) is 1. The van der Waals surface area contributed by atoms with E-state index in [4.69, 9.17) is 4.98 Å². The molecule has 2 amide bonds. The van der Waals surface area contributed by atoms with E-state index in [-0.39, 0.29) is 11.8 Å². The molecule has 0 unspecified atom stereocenters. The smallest absolute Gasteiger partial charge is 0.256 e. The van der Waals surface area contributed by atoms with Crippen molar-refractivity contribution in [3.8, 4) is 11.3 Å². The highest BCUT2D eigenvalue weighted by molar-refractivity contribution is 6.13. The summed E-state index contributed by atoms with van der Waals surface area (Å²) in [5, 5.41) is 3.71. The van der Waals surface area contributed by atoms with E-state index < -0.39 is 0 Å². The van der Waals surface area contributed by atoms with Crippen molar-refractivity contribution in [1.29, 1.82) is 0 Å². The van der Waals surface area contributed by atoms with Crippen molar-refractivity contribution in [2.75, 3.05) is 19.4 Å². The lowest BCUT2D eigenvalue weighted by Crippen LogP contribution is -2.22. The second-order valence-electron chi connectivity index (χ2n) is 7.67. The molecule has 0 radical (unpaired) electrons. The van der Waals surface area contributed by atoms with Crippen molar-refractivity contribution in [1.82, 2.24) is 9.88 Å². The summed E-state index contributed by atoms with van der Waals surface area (Å²) in [6, 6.07) is 24.4. The maximum atomic E-state index is 13.2. The fraction of sp³-hybridized carbons (Fsp3) is 0.115. The molecule has 5 nitrogen and oxygen atoms in total. The van der Waals surface area contributed by atoms with Gasteiger partial charge in [-0.1, -0.05) is 54.1 Å². The molecule has 1 aromatic heterocycles. The van der Waals surface area contributed by atoms with Gasteiger partial charge in [-0.2, -0.15) is 0 Å². The highest BCUT2D eigenvalue weighted by atomic mass is 16.2. The molecule has 0 saturated heterocycles. The lowest BCUT2D eigenvalue weighted by molar-refractivity contribution is 0.0827. The van der Waals surface area contributed by atoms with E-state index in [0.717, 1.165) is 27.7 Å². The maximum Gasteiger partial charge on any atom is 0.256 e. The van der Waals surface area contributed by atoms with Crippen LogP contribution in [0.1, 0.15) is 26.3 Å². The van der Waals surface area contributed by atoms with E-state index in [1.54, 1.807) is 38.4 Å². The number of aryl methyl sites for hydroxylation is 1. The molecule has 0 atom stereocenters. The van der Waals surface area contributed by atoms with E-state index in [9.17, 15) is 9.59 Å². The highest BCUT2D eigenvalue weighted by Gasteiger charge is 2.15. The van der Waals surface area contributed by atoms with Crippen molar-refractivity contribution in [2.24, 2.45) is 0 Å². The number of hydrogen-bond donors (Lipinski definition) is 1. The Hall–Kier alpha value is -3.99. The zero-order valence-corrected chi connectivity index (χ0v) is 17.7. The predicted octanol–water partition coefficient (Wildman–Crippen LogP) is 5.16. The van der Waals surface area contributed by atoms with Crippen LogP contribution in [0.2, 0.25) is 0 Å². The first-order valence-corrected chi connectivity index (χ1v) is 10.0. The summed E-state index contributed by atoms with van der Waals surface area (Å²) in [6.07, 6.45) is 0. The monoisotopic (exact) mass is 409 g/mol. The van der Waals surface area contributed by atoms with Crippen LogP contribution in [0.4, 0.5) is 5.69 Å². The number of benzene rings is 3. The van der Waals surface area contributed by atoms with Gasteiger partial charge in [0.25, 0.3) is 11.8 Å². The molecule has 4 rings (SSSR count). The van der Waals surface area contributed by atoms with Crippen molar-refractivity contribution >= 4 is 28.4 Å². The summed E-state index contributed by atoms with van der Waals surface area (Å²) in [5.74, 6) is -0.367. The summed E-state index contributed by atoms with van der Waals surface area (Å²) in [6.45, 7) is 2.03. The van der Waals surface area contributed by atoms with E-state index in [1.165, 1.54) is 4.90 Å². The average Bonchev–Trinajstić information content (AvgIpc) is 2.78. The number of carbonyl (C=O) groups excluding carboxylic acids is 2. The van der Waals surface area contributed by atoms with Gasteiger partial charge in [0.1, 0.15) is 0 Å². The van der Waals surface area contributed by atoms with E-state index in [0.29, 0.717) is 16.8 Å². The Balaban J connectivity index is 1.73. The van der Waals surface area contributed by atoms with Crippen LogP contribution in [0.15, 0.2) is 78.9 Å². The summed E-state index contributed by atoms with van der Waals surface area (Å²) in [7, 11) is 3.40. The second-order valence-corrected chi connectivity index (χ2v) is 7.67. The minimum absolute atomic E-state index is 0.118. The fourth-order valence-electron chi connectivity index (χ4n) is 3.42. The molecule has 3 aromatic carbocycles. The molecular weight excluding hydrogens is 386 g/mol. The van der Waals surface area contributed by atoms with E-state index in [2.05, 4.69) is 5.32 Å². The normalized spacial score (nSPS) is 10.7. The molecule has 0 aliphatic heterocycles. The zero-order valence-electron chi connectivity index (χ0n) is 17.7. The Kier molecular flexibility index (Phi) is 5.50. The van der Waals surface area contributed by atoms with Crippen molar-refractivity contribution in [3.05, 3.63) is 95.6 Å². The standard InChI is InChI=1S/C26H23N3O2/c1-17-11-13-18(14-12-17)24-16-22(21-9-4-5-10-23(21)28-24)25(30)27-20-8-6-7-19(15-20)26(31)29(2)3/h4-16H,1-3H3,(H,27,30). The number of amides is 2. The Morgan fingerprint density at radius 1 is 0.871 bits per heavy atom. The van der Waals surface area contributed by atoms with Gasteiger partial charge < -0.3 is 10.2 Å². The first kappa shape index (κ1) is 20.3. The molecule has 1 N–H and O–H groups in total. The van der Waals surface area contributed by atoms with Gasteiger partial charge >= 0.3 is 0 Å². The SMILES string of the molecule is Cc1ccc(-c2cc(C(=O)Nc3cccc(C(=O)N(C)C)c3)c3ccccc3n2)cc1. The van der Waals surface area contributed by atoms with Gasteiger partial charge in [0.2, 0.25) is 0 Å². The summed E-state index contributed by atoms with van der Waals surface area (Å²) in [5.41, 5.74) is 5.21. The molecular formula is C26H23N3O2. The average molecular weight is 409 g/mol. The third-order valence-electron chi connectivity index (χ3n) is 5.08. The molecule has 5 heteroatoms. The first-order valence-electron chi connectivity index (χ1n) is 10.0. The first-order chi connectivity index (χ1) is 14.9. The molecule has 0 fully saturated rings. The van der Waals surface area contributed by atoms with Crippen LogP contribution >= 0.6 is 0 Å². The molecule has 1 heterocycles. The minimum Gasteiger partial charge on any atom is -0.345 e. The molecule has 0 saturated carbocycles.